The lowest BCUT2D eigenvalue weighted by atomic mass is 10.0. The minimum atomic E-state index is -3.26. The first-order valence-corrected chi connectivity index (χ1v) is 10.1. The Morgan fingerprint density at radius 2 is 1.71 bits per heavy atom. The lowest BCUT2D eigenvalue weighted by Crippen LogP contribution is -2.48. The van der Waals surface area contributed by atoms with E-state index >= 15 is 0 Å². The Labute approximate surface area is 131 Å². The minimum Gasteiger partial charge on any atom is -0.300 e. The van der Waals surface area contributed by atoms with Crippen LogP contribution in [0.3, 0.4) is 0 Å². The van der Waals surface area contributed by atoms with Crippen molar-refractivity contribution in [3.05, 3.63) is 17.0 Å². The third kappa shape index (κ3) is 3.33. The molecule has 1 aromatic heterocycles. The SMILES string of the molecule is Cc1ccc(S(=O)(=O)N2CCC(N3CCCCC3)CC2)s1. The average Bonchev–Trinajstić information content (AvgIpc) is 2.96. The summed E-state index contributed by atoms with van der Waals surface area (Å²) < 4.78 is 27.4. The predicted octanol–water partition coefficient (Wildman–Crippen LogP) is 2.70. The van der Waals surface area contributed by atoms with Crippen LogP contribution in [0.2, 0.25) is 0 Å². The molecular formula is C15H24N2O2S2. The molecule has 0 spiro atoms. The van der Waals surface area contributed by atoms with E-state index in [-0.39, 0.29) is 0 Å². The van der Waals surface area contributed by atoms with Crippen molar-refractivity contribution in [3.63, 3.8) is 0 Å². The third-order valence-corrected chi connectivity index (χ3v) is 8.01. The zero-order valence-electron chi connectivity index (χ0n) is 12.6. The molecular weight excluding hydrogens is 304 g/mol. The fraction of sp³-hybridized carbons (Fsp3) is 0.733. The van der Waals surface area contributed by atoms with E-state index in [0.717, 1.165) is 17.7 Å². The topological polar surface area (TPSA) is 40.6 Å². The van der Waals surface area contributed by atoms with Gasteiger partial charge in [-0.15, -0.1) is 11.3 Å². The standard InChI is InChI=1S/C15H24N2O2S2/c1-13-5-6-15(20-13)21(18,19)17-11-7-14(8-12-17)16-9-3-2-4-10-16/h5-6,14H,2-4,7-12H2,1H3. The van der Waals surface area contributed by atoms with Gasteiger partial charge in [-0.25, -0.2) is 8.42 Å². The van der Waals surface area contributed by atoms with E-state index in [1.54, 1.807) is 10.4 Å². The summed E-state index contributed by atoms with van der Waals surface area (Å²) in [5.41, 5.74) is 0. The number of thiophene rings is 1. The van der Waals surface area contributed by atoms with Gasteiger partial charge in [-0.05, 0) is 57.8 Å². The van der Waals surface area contributed by atoms with E-state index in [0.29, 0.717) is 23.3 Å². The highest BCUT2D eigenvalue weighted by Crippen LogP contribution is 2.28. The predicted molar refractivity (Wildman–Crippen MR) is 86.3 cm³/mol. The van der Waals surface area contributed by atoms with Crippen LogP contribution in [-0.4, -0.2) is 49.8 Å². The molecule has 2 saturated heterocycles. The number of rotatable bonds is 3. The molecule has 0 aliphatic carbocycles. The maximum atomic E-state index is 12.6. The van der Waals surface area contributed by atoms with Crippen molar-refractivity contribution >= 4 is 21.4 Å². The van der Waals surface area contributed by atoms with Gasteiger partial charge in [-0.3, -0.25) is 0 Å². The molecule has 3 heterocycles. The largest absolute Gasteiger partial charge is 0.300 e. The second-order valence-electron chi connectivity index (χ2n) is 6.10. The van der Waals surface area contributed by atoms with Crippen molar-refractivity contribution in [2.45, 2.75) is 49.3 Å². The van der Waals surface area contributed by atoms with Crippen molar-refractivity contribution in [2.24, 2.45) is 0 Å². The van der Waals surface area contributed by atoms with E-state index in [9.17, 15) is 8.42 Å². The number of hydrogen-bond donors (Lipinski definition) is 0. The molecule has 2 aliphatic rings. The van der Waals surface area contributed by atoms with Gasteiger partial charge in [0.2, 0.25) is 0 Å². The first kappa shape index (κ1) is 15.5. The fourth-order valence-corrected chi connectivity index (χ4v) is 6.32. The Morgan fingerprint density at radius 1 is 1.05 bits per heavy atom. The van der Waals surface area contributed by atoms with E-state index in [1.165, 1.54) is 43.7 Å². The Hall–Kier alpha value is -0.430. The van der Waals surface area contributed by atoms with Gasteiger partial charge in [0.05, 0.1) is 0 Å². The van der Waals surface area contributed by atoms with Gasteiger partial charge < -0.3 is 4.90 Å². The van der Waals surface area contributed by atoms with Gasteiger partial charge >= 0.3 is 0 Å². The molecule has 21 heavy (non-hydrogen) atoms. The molecule has 0 atom stereocenters. The molecule has 6 heteroatoms. The molecule has 1 aromatic rings. The molecule has 118 valence electrons. The Kier molecular flexibility index (Phi) is 4.69. The fourth-order valence-electron chi connectivity index (χ4n) is 3.41. The van der Waals surface area contributed by atoms with Crippen molar-refractivity contribution in [1.29, 1.82) is 0 Å². The molecule has 0 amide bonds. The van der Waals surface area contributed by atoms with Crippen LogP contribution in [0.15, 0.2) is 16.3 Å². The van der Waals surface area contributed by atoms with Crippen LogP contribution in [0.25, 0.3) is 0 Å². The monoisotopic (exact) mass is 328 g/mol. The Balaban J connectivity index is 1.62. The van der Waals surface area contributed by atoms with Gasteiger partial charge in [0.15, 0.2) is 0 Å². The van der Waals surface area contributed by atoms with Gasteiger partial charge in [-0.1, -0.05) is 6.42 Å². The first-order chi connectivity index (χ1) is 10.1. The zero-order chi connectivity index (χ0) is 14.9. The van der Waals surface area contributed by atoms with Crippen LogP contribution >= 0.6 is 11.3 Å². The highest BCUT2D eigenvalue weighted by Gasteiger charge is 2.32. The first-order valence-electron chi connectivity index (χ1n) is 7.88. The van der Waals surface area contributed by atoms with Crippen LogP contribution < -0.4 is 0 Å². The molecule has 0 bridgehead atoms. The second kappa shape index (κ2) is 6.36. The highest BCUT2D eigenvalue weighted by molar-refractivity contribution is 7.91. The van der Waals surface area contributed by atoms with Crippen LogP contribution in [0.1, 0.15) is 37.0 Å². The number of nitrogens with zero attached hydrogens (tertiary/aromatic N) is 2. The van der Waals surface area contributed by atoms with E-state index in [4.69, 9.17) is 0 Å². The second-order valence-corrected chi connectivity index (χ2v) is 9.55. The van der Waals surface area contributed by atoms with Crippen LogP contribution in [0.5, 0.6) is 0 Å². The number of likely N-dealkylation sites (tertiary alicyclic amines) is 1. The maximum Gasteiger partial charge on any atom is 0.252 e. The lowest BCUT2D eigenvalue weighted by molar-refractivity contribution is 0.118. The van der Waals surface area contributed by atoms with Crippen molar-refractivity contribution in [1.82, 2.24) is 9.21 Å². The number of aryl methyl sites for hydroxylation is 1. The van der Waals surface area contributed by atoms with Crippen LogP contribution in [0, 0.1) is 6.92 Å². The molecule has 3 rings (SSSR count). The summed E-state index contributed by atoms with van der Waals surface area (Å²) in [6, 6.07) is 4.21. The van der Waals surface area contributed by atoms with E-state index in [2.05, 4.69) is 4.90 Å². The third-order valence-electron chi connectivity index (χ3n) is 4.64. The molecule has 2 aliphatic heterocycles. The van der Waals surface area contributed by atoms with E-state index < -0.39 is 10.0 Å². The quantitative estimate of drug-likeness (QED) is 0.856. The van der Waals surface area contributed by atoms with Gasteiger partial charge in [0, 0.05) is 24.0 Å². The highest BCUT2D eigenvalue weighted by atomic mass is 32.2. The summed E-state index contributed by atoms with van der Waals surface area (Å²) >= 11 is 1.38. The van der Waals surface area contributed by atoms with Gasteiger partial charge in [-0.2, -0.15) is 4.31 Å². The van der Waals surface area contributed by atoms with Crippen molar-refractivity contribution in [2.75, 3.05) is 26.2 Å². The number of hydrogen-bond acceptors (Lipinski definition) is 4. The molecule has 0 unspecified atom stereocenters. The summed E-state index contributed by atoms with van der Waals surface area (Å²) in [5, 5.41) is 0. The lowest BCUT2D eigenvalue weighted by Gasteiger charge is -2.39. The van der Waals surface area contributed by atoms with Crippen LogP contribution in [0.4, 0.5) is 0 Å². The van der Waals surface area contributed by atoms with Gasteiger partial charge in [0.1, 0.15) is 4.21 Å². The molecule has 4 nitrogen and oxygen atoms in total. The number of piperidine rings is 2. The minimum absolute atomic E-state index is 0.497. The smallest absolute Gasteiger partial charge is 0.252 e. The molecule has 0 saturated carbocycles. The summed E-state index contributed by atoms with van der Waals surface area (Å²) in [6.45, 7) is 5.68. The Bertz CT molecular complexity index is 568. The maximum absolute atomic E-state index is 12.6. The number of sulfonamides is 1. The van der Waals surface area contributed by atoms with Crippen molar-refractivity contribution in [3.8, 4) is 0 Å². The zero-order valence-corrected chi connectivity index (χ0v) is 14.3. The average molecular weight is 329 g/mol. The normalized spacial score (nSPS) is 23.5. The summed E-state index contributed by atoms with van der Waals surface area (Å²) in [7, 11) is -3.26. The molecule has 0 radical (unpaired) electrons. The summed E-state index contributed by atoms with van der Waals surface area (Å²) in [5.74, 6) is 0. The van der Waals surface area contributed by atoms with Crippen molar-refractivity contribution < 1.29 is 8.42 Å². The van der Waals surface area contributed by atoms with Crippen LogP contribution in [-0.2, 0) is 10.0 Å². The van der Waals surface area contributed by atoms with E-state index in [1.807, 2.05) is 13.0 Å². The molecule has 2 fully saturated rings. The molecule has 0 N–H and O–H groups in total. The van der Waals surface area contributed by atoms with Gasteiger partial charge in [0.25, 0.3) is 10.0 Å². The summed E-state index contributed by atoms with van der Waals surface area (Å²) in [6.07, 6.45) is 5.90. The summed E-state index contributed by atoms with van der Waals surface area (Å²) in [4.78, 5) is 3.62. The molecule has 0 aromatic carbocycles. The Morgan fingerprint density at radius 3 is 2.29 bits per heavy atom.